The van der Waals surface area contributed by atoms with Crippen molar-refractivity contribution in [1.29, 1.82) is 0 Å². The molecule has 27 heavy (non-hydrogen) atoms. The predicted octanol–water partition coefficient (Wildman–Crippen LogP) is 3.27. The third kappa shape index (κ3) is 4.21. The van der Waals surface area contributed by atoms with E-state index in [2.05, 4.69) is 10.4 Å². The molecule has 0 spiro atoms. The molecule has 146 valence electrons. The average Bonchev–Trinajstić information content (AvgIpc) is 2.75. The van der Waals surface area contributed by atoms with Crippen molar-refractivity contribution in [2.24, 2.45) is 5.92 Å². The summed E-state index contributed by atoms with van der Waals surface area (Å²) in [5.74, 6) is -3.71. The number of alkyl halides is 3. The fraction of sp³-hybridized carbons (Fsp3) is 0.375. The van der Waals surface area contributed by atoms with Gasteiger partial charge in [0.25, 0.3) is 11.8 Å². The van der Waals surface area contributed by atoms with Crippen LogP contribution in [0.4, 0.5) is 19.0 Å². The van der Waals surface area contributed by atoms with Gasteiger partial charge in [-0.25, -0.2) is 4.98 Å². The van der Waals surface area contributed by atoms with Crippen LogP contribution in [0.15, 0.2) is 23.3 Å². The Balaban J connectivity index is 2.22. The Morgan fingerprint density at radius 1 is 1.33 bits per heavy atom. The molecule has 0 radical (unpaired) electrons. The van der Waals surface area contributed by atoms with Crippen molar-refractivity contribution in [1.82, 2.24) is 9.99 Å². The Hall–Kier alpha value is -2.62. The van der Waals surface area contributed by atoms with Crippen LogP contribution in [0, 0.1) is 5.92 Å². The van der Waals surface area contributed by atoms with Gasteiger partial charge in [-0.2, -0.15) is 18.2 Å². The maximum atomic E-state index is 12.7. The summed E-state index contributed by atoms with van der Waals surface area (Å²) in [7, 11) is 0. The first kappa shape index (κ1) is 20.7. The Labute approximate surface area is 156 Å². The van der Waals surface area contributed by atoms with Crippen LogP contribution in [0.3, 0.4) is 0 Å². The third-order valence-corrected chi connectivity index (χ3v) is 4.40. The highest BCUT2D eigenvalue weighted by molar-refractivity contribution is 6.30. The average molecular weight is 406 g/mol. The van der Waals surface area contributed by atoms with Crippen LogP contribution in [-0.4, -0.2) is 32.9 Å². The van der Waals surface area contributed by atoms with Crippen molar-refractivity contribution in [3.05, 3.63) is 34.0 Å². The number of nitrogens with zero attached hydrogens (tertiary/aromatic N) is 2. The fourth-order valence-corrected chi connectivity index (χ4v) is 2.76. The number of rotatable bonds is 6. The molecular weight excluding hydrogens is 391 g/mol. The van der Waals surface area contributed by atoms with Gasteiger partial charge in [0.1, 0.15) is 11.0 Å². The Morgan fingerprint density at radius 2 is 1.96 bits per heavy atom. The van der Waals surface area contributed by atoms with E-state index in [1.165, 1.54) is 6.92 Å². The fourth-order valence-electron chi connectivity index (χ4n) is 2.50. The topological polar surface area (TPSA) is 99.6 Å². The minimum atomic E-state index is -4.70. The molecule has 1 aromatic rings. The normalized spacial score (nSPS) is 16.1. The Morgan fingerprint density at radius 3 is 2.44 bits per heavy atom. The highest BCUT2D eigenvalue weighted by Gasteiger charge is 2.39. The van der Waals surface area contributed by atoms with E-state index in [0.717, 1.165) is 6.07 Å². The number of carbonyl (C=O) groups is 3. The van der Waals surface area contributed by atoms with Gasteiger partial charge in [-0.05, 0) is 31.9 Å². The van der Waals surface area contributed by atoms with E-state index in [4.69, 9.17) is 16.7 Å². The van der Waals surface area contributed by atoms with Crippen LogP contribution in [0.25, 0.3) is 0 Å². The molecule has 0 saturated carbocycles. The minimum absolute atomic E-state index is 0.0276. The molecule has 0 fully saturated rings. The minimum Gasteiger partial charge on any atom is -0.481 e. The maximum absolute atomic E-state index is 12.7. The predicted molar refractivity (Wildman–Crippen MR) is 88.5 cm³/mol. The highest BCUT2D eigenvalue weighted by atomic mass is 35.5. The second-order valence-corrected chi connectivity index (χ2v) is 6.20. The van der Waals surface area contributed by atoms with Gasteiger partial charge in [0.05, 0.1) is 11.5 Å². The number of hydrogen-bond acceptors (Lipinski definition) is 5. The van der Waals surface area contributed by atoms with Gasteiger partial charge in [-0.15, -0.1) is 0 Å². The molecule has 0 bridgehead atoms. The highest BCUT2D eigenvalue weighted by Crippen LogP contribution is 2.34. The maximum Gasteiger partial charge on any atom is 0.419 e. The van der Waals surface area contributed by atoms with Crippen molar-refractivity contribution >= 4 is 35.2 Å². The molecule has 2 N–H and O–H groups in total. The summed E-state index contributed by atoms with van der Waals surface area (Å²) in [6.07, 6.45) is -4.57. The molecule has 11 heteroatoms. The lowest BCUT2D eigenvalue weighted by Crippen LogP contribution is -2.37. The van der Waals surface area contributed by atoms with Gasteiger partial charge in [-0.1, -0.05) is 18.5 Å². The summed E-state index contributed by atoms with van der Waals surface area (Å²) < 4.78 is 38.1. The van der Waals surface area contributed by atoms with Crippen LogP contribution in [0.1, 0.15) is 32.3 Å². The number of carboxylic acids is 1. The number of hydrogen-bond donors (Lipinski definition) is 2. The summed E-state index contributed by atoms with van der Waals surface area (Å²) in [4.78, 5) is 39.4. The summed E-state index contributed by atoms with van der Waals surface area (Å²) in [6, 6.07) is 1.59. The zero-order valence-corrected chi connectivity index (χ0v) is 15.0. The Bertz CT molecular complexity index is 839. The summed E-state index contributed by atoms with van der Waals surface area (Å²) in [6.45, 7) is 3.01. The van der Waals surface area contributed by atoms with E-state index < -0.39 is 40.6 Å². The molecule has 7 nitrogen and oxygen atoms in total. The smallest absolute Gasteiger partial charge is 0.419 e. The summed E-state index contributed by atoms with van der Waals surface area (Å²) in [5, 5.41) is 8.87. The first-order valence-electron chi connectivity index (χ1n) is 7.79. The standard InChI is InChI=1S/C16H15ClF3N3O4/c1-3-8(15(26)27)6-9-7(2)13(24)23(14(9)25)22-11-5-4-10(12(17)21-11)16(18,19)20/h4-5,8H,3,6H2,1-2H3,(H,21,22)(H,26,27). The molecule has 0 aliphatic carbocycles. The first-order chi connectivity index (χ1) is 12.5. The SMILES string of the molecule is CCC(CC1=C(C)C(=O)N(Nc2ccc(C(F)(F)F)c(Cl)n2)C1=O)C(=O)O. The first-order valence-corrected chi connectivity index (χ1v) is 8.16. The van der Waals surface area contributed by atoms with Crippen molar-refractivity contribution in [3.8, 4) is 0 Å². The number of carboxylic acid groups (broad SMARTS) is 1. The molecule has 0 aromatic carbocycles. The van der Waals surface area contributed by atoms with E-state index in [-0.39, 0.29) is 29.8 Å². The van der Waals surface area contributed by atoms with Crippen LogP contribution in [-0.2, 0) is 20.6 Å². The number of halogens is 4. The van der Waals surface area contributed by atoms with Crippen molar-refractivity contribution < 1.29 is 32.7 Å². The lowest BCUT2D eigenvalue weighted by atomic mass is 9.95. The molecular formula is C16H15ClF3N3O4. The number of aromatic nitrogens is 1. The van der Waals surface area contributed by atoms with E-state index in [1.807, 2.05) is 0 Å². The number of aliphatic carboxylic acids is 1. The van der Waals surface area contributed by atoms with E-state index in [0.29, 0.717) is 11.1 Å². The van der Waals surface area contributed by atoms with Gasteiger partial charge in [0.2, 0.25) is 0 Å². The van der Waals surface area contributed by atoms with Crippen LogP contribution in [0.5, 0.6) is 0 Å². The van der Waals surface area contributed by atoms with Crippen LogP contribution >= 0.6 is 11.6 Å². The van der Waals surface area contributed by atoms with E-state index in [1.54, 1.807) is 6.92 Å². The number of imide groups is 1. The number of nitrogens with one attached hydrogen (secondary N) is 1. The third-order valence-electron chi connectivity index (χ3n) is 4.11. The molecule has 1 aliphatic heterocycles. The summed E-state index contributed by atoms with van der Waals surface area (Å²) >= 11 is 5.52. The molecule has 1 atom stereocenters. The number of anilines is 1. The van der Waals surface area contributed by atoms with Crippen LogP contribution in [0.2, 0.25) is 5.15 Å². The number of pyridine rings is 1. The zero-order chi connectivity index (χ0) is 20.5. The van der Waals surface area contributed by atoms with E-state index in [9.17, 15) is 27.6 Å². The molecule has 1 aliphatic rings. The van der Waals surface area contributed by atoms with Gasteiger partial charge >= 0.3 is 12.1 Å². The largest absolute Gasteiger partial charge is 0.481 e. The molecule has 0 saturated heterocycles. The molecule has 2 heterocycles. The lowest BCUT2D eigenvalue weighted by Gasteiger charge is -2.18. The van der Waals surface area contributed by atoms with Gasteiger partial charge in [0.15, 0.2) is 0 Å². The van der Waals surface area contributed by atoms with Crippen molar-refractivity contribution in [2.75, 3.05) is 5.43 Å². The monoisotopic (exact) mass is 405 g/mol. The molecule has 2 rings (SSSR count). The lowest BCUT2D eigenvalue weighted by molar-refractivity contribution is -0.142. The zero-order valence-electron chi connectivity index (χ0n) is 14.2. The van der Waals surface area contributed by atoms with Crippen molar-refractivity contribution in [2.45, 2.75) is 32.9 Å². The molecule has 2 amide bonds. The second-order valence-electron chi connectivity index (χ2n) is 5.84. The second kappa shape index (κ2) is 7.55. The molecule has 1 unspecified atom stereocenters. The van der Waals surface area contributed by atoms with E-state index >= 15 is 0 Å². The van der Waals surface area contributed by atoms with Gasteiger partial charge in [-0.3, -0.25) is 19.8 Å². The number of amides is 2. The van der Waals surface area contributed by atoms with Crippen molar-refractivity contribution in [3.63, 3.8) is 0 Å². The van der Waals surface area contributed by atoms with Gasteiger partial charge in [0, 0.05) is 11.1 Å². The van der Waals surface area contributed by atoms with Gasteiger partial charge < -0.3 is 5.11 Å². The van der Waals surface area contributed by atoms with Crippen LogP contribution < -0.4 is 5.43 Å². The number of carbonyl (C=O) groups excluding carboxylic acids is 2. The quantitative estimate of drug-likeness (QED) is 0.556. The number of hydrazine groups is 1. The molecule has 1 aromatic heterocycles. The Kier molecular flexibility index (Phi) is 5.79. The summed E-state index contributed by atoms with van der Waals surface area (Å²) in [5.41, 5.74) is 1.25.